The Morgan fingerprint density at radius 1 is 1.58 bits per heavy atom. The molecule has 0 aliphatic carbocycles. The van der Waals surface area contributed by atoms with Gasteiger partial charge in [-0.2, -0.15) is 0 Å². The second kappa shape index (κ2) is 7.82. The number of rotatable bonds is 4. The minimum atomic E-state index is 0. The van der Waals surface area contributed by atoms with Gasteiger partial charge in [0.1, 0.15) is 5.69 Å². The van der Waals surface area contributed by atoms with E-state index in [4.69, 9.17) is 0 Å². The summed E-state index contributed by atoms with van der Waals surface area (Å²) in [6, 6.07) is 3.94. The number of aromatic nitrogens is 1. The van der Waals surface area contributed by atoms with Gasteiger partial charge in [0.2, 0.25) is 0 Å². The van der Waals surface area contributed by atoms with Crippen molar-refractivity contribution in [3.8, 4) is 0 Å². The Morgan fingerprint density at radius 3 is 2.89 bits per heavy atom. The smallest absolute Gasteiger partial charge is 0.272 e. The number of carbonyl (C=O) groups excluding carboxylic acids is 1. The summed E-state index contributed by atoms with van der Waals surface area (Å²) in [6.45, 7) is 4.77. The molecule has 1 aromatic rings. The van der Waals surface area contributed by atoms with E-state index in [0.717, 1.165) is 36.9 Å². The van der Waals surface area contributed by atoms with E-state index >= 15 is 0 Å². The molecule has 2 heterocycles. The summed E-state index contributed by atoms with van der Waals surface area (Å²) in [7, 11) is 0. The van der Waals surface area contributed by atoms with Gasteiger partial charge in [0.05, 0.1) is 0 Å². The molecule has 0 spiro atoms. The molecule has 1 aromatic heterocycles. The average Bonchev–Trinajstić information content (AvgIpc) is 2.90. The molecule has 6 heteroatoms. The average molecular weight is 349 g/mol. The molecule has 2 rings (SSSR count). The van der Waals surface area contributed by atoms with Gasteiger partial charge in [-0.3, -0.25) is 4.79 Å². The predicted molar refractivity (Wildman–Crippen MR) is 81.8 cm³/mol. The van der Waals surface area contributed by atoms with Crippen LogP contribution in [0.3, 0.4) is 0 Å². The van der Waals surface area contributed by atoms with Crippen LogP contribution in [0, 0.1) is 0 Å². The number of halogens is 2. The first kappa shape index (κ1) is 16.4. The minimum absolute atomic E-state index is 0. The fourth-order valence-electron chi connectivity index (χ4n) is 2.25. The Kier molecular flexibility index (Phi) is 6.75. The van der Waals surface area contributed by atoms with Crippen molar-refractivity contribution in [2.45, 2.75) is 25.8 Å². The third-order valence-corrected chi connectivity index (χ3v) is 3.62. The monoisotopic (exact) mass is 347 g/mol. The van der Waals surface area contributed by atoms with E-state index in [-0.39, 0.29) is 18.3 Å². The Balaban J connectivity index is 0.00000180. The van der Waals surface area contributed by atoms with Crippen LogP contribution in [0.2, 0.25) is 0 Å². The molecule has 0 aromatic carbocycles. The fourth-order valence-corrected chi connectivity index (χ4v) is 2.48. The highest BCUT2D eigenvalue weighted by molar-refractivity contribution is 9.10. The lowest BCUT2D eigenvalue weighted by Gasteiger charge is -2.27. The largest absolute Gasteiger partial charge is 0.333 e. The van der Waals surface area contributed by atoms with Crippen LogP contribution in [0.5, 0.6) is 0 Å². The number of carbonyl (C=O) groups is 1. The predicted octanol–water partition coefficient (Wildman–Crippen LogP) is 2.48. The van der Waals surface area contributed by atoms with Gasteiger partial charge in [-0.15, -0.1) is 12.4 Å². The Bertz CT molecular complexity index is 407. The number of nitrogens with one attached hydrogen (secondary N) is 1. The van der Waals surface area contributed by atoms with Crippen molar-refractivity contribution in [1.29, 1.82) is 0 Å². The van der Waals surface area contributed by atoms with E-state index in [1.807, 2.05) is 11.0 Å². The highest BCUT2D eigenvalue weighted by Gasteiger charge is 2.27. The lowest BCUT2D eigenvalue weighted by Crippen LogP contribution is -2.42. The van der Waals surface area contributed by atoms with Crippen molar-refractivity contribution in [1.82, 2.24) is 15.2 Å². The molecule has 0 bridgehead atoms. The number of amides is 1. The maximum atomic E-state index is 12.5. The lowest BCUT2D eigenvalue weighted by atomic mass is 10.2. The number of nitrogens with zero attached hydrogens (tertiary/aromatic N) is 2. The first-order chi connectivity index (χ1) is 8.72. The molecule has 19 heavy (non-hydrogen) atoms. The van der Waals surface area contributed by atoms with Crippen LogP contribution in [0.15, 0.2) is 22.8 Å². The van der Waals surface area contributed by atoms with Crippen molar-refractivity contribution >= 4 is 34.2 Å². The topological polar surface area (TPSA) is 45.2 Å². The third-order valence-electron chi connectivity index (χ3n) is 3.15. The molecule has 106 valence electrons. The highest BCUT2D eigenvalue weighted by atomic mass is 79.9. The van der Waals surface area contributed by atoms with Crippen molar-refractivity contribution in [2.75, 3.05) is 19.6 Å². The van der Waals surface area contributed by atoms with E-state index in [1.54, 1.807) is 12.3 Å². The maximum absolute atomic E-state index is 12.5. The summed E-state index contributed by atoms with van der Waals surface area (Å²) in [6.07, 6.45) is 3.67. The number of pyridine rings is 1. The molecule has 1 fully saturated rings. The highest BCUT2D eigenvalue weighted by Crippen LogP contribution is 2.14. The first-order valence-corrected chi connectivity index (χ1v) is 7.15. The molecular weight excluding hydrogens is 330 g/mol. The minimum Gasteiger partial charge on any atom is -0.333 e. The summed E-state index contributed by atoms with van der Waals surface area (Å²) in [4.78, 5) is 18.6. The number of hydrogen-bond acceptors (Lipinski definition) is 3. The SMILES string of the molecule is CCCN(C(=O)c1ccc(Br)cn1)C1CCNC1.Cl. The van der Waals surface area contributed by atoms with Crippen LogP contribution in [0.25, 0.3) is 0 Å². The molecule has 1 saturated heterocycles. The first-order valence-electron chi connectivity index (χ1n) is 6.35. The zero-order valence-electron chi connectivity index (χ0n) is 10.9. The molecule has 1 aliphatic heterocycles. The third kappa shape index (κ3) is 4.16. The summed E-state index contributed by atoms with van der Waals surface area (Å²) < 4.78 is 0.892. The second-order valence-corrected chi connectivity index (χ2v) is 5.42. The van der Waals surface area contributed by atoms with Crippen molar-refractivity contribution in [2.24, 2.45) is 0 Å². The van der Waals surface area contributed by atoms with Crippen molar-refractivity contribution < 1.29 is 4.79 Å². The zero-order chi connectivity index (χ0) is 13.0. The van der Waals surface area contributed by atoms with Crippen molar-refractivity contribution in [3.63, 3.8) is 0 Å². The summed E-state index contributed by atoms with van der Waals surface area (Å²) >= 11 is 3.33. The lowest BCUT2D eigenvalue weighted by molar-refractivity contribution is 0.0686. The van der Waals surface area contributed by atoms with Gasteiger partial charge in [0.15, 0.2) is 0 Å². The van der Waals surface area contributed by atoms with E-state index in [2.05, 4.69) is 33.2 Å². The Hall–Kier alpha value is -0.650. The Morgan fingerprint density at radius 2 is 2.37 bits per heavy atom. The summed E-state index contributed by atoms with van der Waals surface area (Å²) in [5, 5.41) is 3.30. The van der Waals surface area contributed by atoms with E-state index in [1.165, 1.54) is 0 Å². The van der Waals surface area contributed by atoms with Gasteiger partial charge in [0, 0.05) is 29.8 Å². The molecule has 1 aliphatic rings. The maximum Gasteiger partial charge on any atom is 0.272 e. The van der Waals surface area contributed by atoms with Crippen molar-refractivity contribution in [3.05, 3.63) is 28.5 Å². The molecule has 1 amide bonds. The van der Waals surface area contributed by atoms with Gasteiger partial charge < -0.3 is 10.2 Å². The van der Waals surface area contributed by atoms with Gasteiger partial charge >= 0.3 is 0 Å². The van der Waals surface area contributed by atoms with Crippen LogP contribution in [0.4, 0.5) is 0 Å². The van der Waals surface area contributed by atoms with Gasteiger partial charge in [-0.1, -0.05) is 6.92 Å². The molecule has 0 radical (unpaired) electrons. The van der Waals surface area contributed by atoms with Crippen LogP contribution >= 0.6 is 28.3 Å². The van der Waals surface area contributed by atoms with E-state index in [0.29, 0.717) is 11.7 Å². The summed E-state index contributed by atoms with van der Waals surface area (Å²) in [5.74, 6) is 0.0399. The molecular formula is C13H19BrClN3O. The Labute approximate surface area is 128 Å². The standard InChI is InChI=1S/C13H18BrN3O.ClH/c1-2-7-17(11-5-6-15-9-11)13(18)12-4-3-10(14)8-16-12;/h3-4,8,11,15H,2,5-7,9H2,1H3;1H. The van der Waals surface area contributed by atoms with Gasteiger partial charge in [-0.05, 0) is 47.4 Å². The molecule has 1 N–H and O–H groups in total. The van der Waals surface area contributed by atoms with E-state index < -0.39 is 0 Å². The van der Waals surface area contributed by atoms with Crippen LogP contribution in [0.1, 0.15) is 30.3 Å². The van der Waals surface area contributed by atoms with Gasteiger partial charge in [0.25, 0.3) is 5.91 Å². The molecule has 0 saturated carbocycles. The van der Waals surface area contributed by atoms with Gasteiger partial charge in [-0.25, -0.2) is 4.98 Å². The second-order valence-electron chi connectivity index (χ2n) is 4.51. The normalized spacial score (nSPS) is 17.9. The molecule has 1 unspecified atom stereocenters. The zero-order valence-corrected chi connectivity index (χ0v) is 13.3. The quantitative estimate of drug-likeness (QED) is 0.909. The van der Waals surface area contributed by atoms with Crippen LogP contribution in [-0.2, 0) is 0 Å². The number of hydrogen-bond donors (Lipinski definition) is 1. The van der Waals surface area contributed by atoms with Crippen LogP contribution in [-0.4, -0.2) is 41.5 Å². The molecule has 1 atom stereocenters. The summed E-state index contributed by atoms with van der Waals surface area (Å²) in [5.41, 5.74) is 0.526. The van der Waals surface area contributed by atoms with Crippen LogP contribution < -0.4 is 5.32 Å². The molecule has 4 nitrogen and oxygen atoms in total. The van der Waals surface area contributed by atoms with E-state index in [9.17, 15) is 4.79 Å². The fraction of sp³-hybridized carbons (Fsp3) is 0.538.